The van der Waals surface area contributed by atoms with Gasteiger partial charge < -0.3 is 15.8 Å². The number of nitrogens with two attached hydrogens (primary N) is 1. The van der Waals surface area contributed by atoms with Crippen LogP contribution in [0.3, 0.4) is 0 Å². The minimum atomic E-state index is -0.564. The quantitative estimate of drug-likeness (QED) is 0.291. The lowest BCUT2D eigenvalue weighted by Gasteiger charge is -1.98. The normalized spacial score (nSPS) is 8.60. The number of ether oxygens (including phenoxy) is 1. The molecular weight excluding hydrogens is 136 g/mol. The average molecular weight is 146 g/mol. The van der Waals surface area contributed by atoms with Crippen molar-refractivity contribution in [2.75, 3.05) is 13.8 Å². The van der Waals surface area contributed by atoms with Crippen LogP contribution < -0.4 is 11.1 Å². The molecular formula is C5H10N2O3. The lowest BCUT2D eigenvalue weighted by molar-refractivity contribution is -0.143. The third-order valence-electron chi connectivity index (χ3n) is 0.832. The molecule has 0 aliphatic rings. The highest BCUT2D eigenvalue weighted by Gasteiger charge is 2.06. The second-order valence-corrected chi connectivity index (χ2v) is 1.56. The Morgan fingerprint density at radius 3 is 2.60 bits per heavy atom. The molecule has 1 amide bonds. The van der Waals surface area contributed by atoms with Crippen molar-refractivity contribution in [2.24, 2.45) is 5.73 Å². The monoisotopic (exact) mass is 146 g/mol. The predicted octanol–water partition coefficient (Wildman–Crippen LogP) is -1.42. The number of esters is 1. The van der Waals surface area contributed by atoms with Gasteiger partial charge in [0.15, 0.2) is 0 Å². The zero-order chi connectivity index (χ0) is 7.98. The molecule has 0 rings (SSSR count). The molecule has 0 radical (unpaired) electrons. The van der Waals surface area contributed by atoms with E-state index in [1.807, 2.05) is 0 Å². The van der Waals surface area contributed by atoms with Crippen molar-refractivity contribution >= 4 is 11.9 Å². The van der Waals surface area contributed by atoms with Crippen LogP contribution in [0.5, 0.6) is 0 Å². The van der Waals surface area contributed by atoms with Crippen molar-refractivity contribution in [2.45, 2.75) is 6.42 Å². The molecule has 0 aromatic heterocycles. The van der Waals surface area contributed by atoms with Gasteiger partial charge in [-0.2, -0.15) is 0 Å². The van der Waals surface area contributed by atoms with E-state index in [1.54, 1.807) is 0 Å². The SMILES string of the molecule is COC(=O)CC(=O)NCN. The van der Waals surface area contributed by atoms with E-state index in [1.165, 1.54) is 7.11 Å². The highest BCUT2D eigenvalue weighted by molar-refractivity contribution is 5.94. The van der Waals surface area contributed by atoms with E-state index in [9.17, 15) is 9.59 Å². The first-order valence-corrected chi connectivity index (χ1v) is 2.74. The van der Waals surface area contributed by atoms with E-state index in [0.29, 0.717) is 0 Å². The summed E-state index contributed by atoms with van der Waals surface area (Å²) in [6.07, 6.45) is -0.270. The fourth-order valence-corrected chi connectivity index (χ4v) is 0.380. The zero-order valence-corrected chi connectivity index (χ0v) is 5.72. The number of hydrogen-bond acceptors (Lipinski definition) is 4. The molecule has 10 heavy (non-hydrogen) atoms. The summed E-state index contributed by atoms with van der Waals surface area (Å²) >= 11 is 0. The Bertz CT molecular complexity index is 135. The Kier molecular flexibility index (Phi) is 4.23. The molecule has 5 nitrogen and oxygen atoms in total. The standard InChI is InChI=1S/C5H10N2O3/c1-10-5(9)2-4(8)7-3-6/h2-3,6H2,1H3,(H,7,8). The van der Waals surface area contributed by atoms with Crippen LogP contribution in [0.4, 0.5) is 0 Å². The maximum atomic E-state index is 10.5. The molecule has 0 fully saturated rings. The second kappa shape index (κ2) is 4.75. The van der Waals surface area contributed by atoms with Gasteiger partial charge in [-0.25, -0.2) is 0 Å². The van der Waals surface area contributed by atoms with E-state index < -0.39 is 11.9 Å². The minimum Gasteiger partial charge on any atom is -0.469 e. The third kappa shape index (κ3) is 3.85. The van der Waals surface area contributed by atoms with Crippen molar-refractivity contribution in [3.05, 3.63) is 0 Å². The smallest absolute Gasteiger partial charge is 0.315 e. The van der Waals surface area contributed by atoms with E-state index in [2.05, 4.69) is 10.1 Å². The maximum Gasteiger partial charge on any atom is 0.315 e. The first kappa shape index (κ1) is 8.90. The number of carbonyl (C=O) groups is 2. The molecule has 0 aliphatic heterocycles. The zero-order valence-electron chi connectivity index (χ0n) is 5.72. The van der Waals surface area contributed by atoms with Gasteiger partial charge in [0.2, 0.25) is 5.91 Å². The van der Waals surface area contributed by atoms with Crippen molar-refractivity contribution in [3.63, 3.8) is 0 Å². The van der Waals surface area contributed by atoms with Gasteiger partial charge in [-0.3, -0.25) is 9.59 Å². The van der Waals surface area contributed by atoms with Crippen molar-refractivity contribution in [3.8, 4) is 0 Å². The molecule has 3 N–H and O–H groups in total. The van der Waals surface area contributed by atoms with Crippen LogP contribution in [-0.2, 0) is 14.3 Å². The minimum absolute atomic E-state index is 0.0375. The predicted molar refractivity (Wildman–Crippen MR) is 33.8 cm³/mol. The Morgan fingerprint density at radius 1 is 1.60 bits per heavy atom. The summed E-state index contributed by atoms with van der Waals surface area (Å²) in [5, 5.41) is 2.25. The number of carbonyl (C=O) groups excluding carboxylic acids is 2. The van der Waals surface area contributed by atoms with Crippen LogP contribution in [0.2, 0.25) is 0 Å². The van der Waals surface area contributed by atoms with Crippen LogP contribution in [0.15, 0.2) is 0 Å². The van der Waals surface area contributed by atoms with Gasteiger partial charge in [0, 0.05) is 0 Å². The first-order valence-electron chi connectivity index (χ1n) is 2.74. The third-order valence-corrected chi connectivity index (χ3v) is 0.832. The van der Waals surface area contributed by atoms with Gasteiger partial charge in [-0.05, 0) is 0 Å². The summed E-state index contributed by atoms with van der Waals surface area (Å²) in [5.74, 6) is -0.986. The summed E-state index contributed by atoms with van der Waals surface area (Å²) < 4.78 is 4.23. The van der Waals surface area contributed by atoms with Crippen LogP contribution in [-0.4, -0.2) is 25.7 Å². The lowest BCUT2D eigenvalue weighted by Crippen LogP contribution is -2.31. The molecule has 0 bridgehead atoms. The molecule has 0 aromatic rings. The topological polar surface area (TPSA) is 81.4 Å². The molecule has 0 aromatic carbocycles. The second-order valence-electron chi connectivity index (χ2n) is 1.56. The molecule has 0 aliphatic carbocycles. The lowest BCUT2D eigenvalue weighted by atomic mass is 10.4. The maximum absolute atomic E-state index is 10.5. The summed E-state index contributed by atoms with van der Waals surface area (Å²) in [6, 6.07) is 0. The molecule has 58 valence electrons. The largest absolute Gasteiger partial charge is 0.469 e. The Labute approximate surface area is 58.5 Å². The van der Waals surface area contributed by atoms with E-state index in [0.717, 1.165) is 0 Å². The van der Waals surface area contributed by atoms with Gasteiger partial charge in [0.1, 0.15) is 6.42 Å². The highest BCUT2D eigenvalue weighted by atomic mass is 16.5. The molecule has 0 spiro atoms. The number of amides is 1. The molecule has 0 atom stereocenters. The van der Waals surface area contributed by atoms with Gasteiger partial charge in [-0.1, -0.05) is 0 Å². The van der Waals surface area contributed by atoms with Crippen molar-refractivity contribution in [1.82, 2.24) is 5.32 Å². The summed E-state index contributed by atoms with van der Waals surface area (Å²) in [7, 11) is 1.22. The molecule has 5 heteroatoms. The van der Waals surface area contributed by atoms with Gasteiger partial charge in [0.05, 0.1) is 13.8 Å². The van der Waals surface area contributed by atoms with Crippen LogP contribution in [0.25, 0.3) is 0 Å². The summed E-state index contributed by atoms with van der Waals surface area (Å²) in [5.41, 5.74) is 4.96. The number of hydrogen-bond donors (Lipinski definition) is 2. The van der Waals surface area contributed by atoms with Crippen LogP contribution in [0.1, 0.15) is 6.42 Å². The fourth-order valence-electron chi connectivity index (χ4n) is 0.380. The van der Waals surface area contributed by atoms with Gasteiger partial charge in [-0.15, -0.1) is 0 Å². The fraction of sp³-hybridized carbons (Fsp3) is 0.600. The molecule has 0 saturated heterocycles. The van der Waals surface area contributed by atoms with E-state index in [4.69, 9.17) is 5.73 Å². The molecule has 0 unspecified atom stereocenters. The van der Waals surface area contributed by atoms with E-state index in [-0.39, 0.29) is 13.1 Å². The van der Waals surface area contributed by atoms with Gasteiger partial charge >= 0.3 is 5.97 Å². The summed E-state index contributed by atoms with van der Waals surface area (Å²) in [4.78, 5) is 20.9. The molecule has 0 saturated carbocycles. The Morgan fingerprint density at radius 2 is 2.20 bits per heavy atom. The van der Waals surface area contributed by atoms with Gasteiger partial charge in [0.25, 0.3) is 0 Å². The number of nitrogens with one attached hydrogen (secondary N) is 1. The van der Waals surface area contributed by atoms with Crippen molar-refractivity contribution < 1.29 is 14.3 Å². The summed E-state index contributed by atoms with van der Waals surface area (Å²) in [6.45, 7) is 0.0375. The Hall–Kier alpha value is -1.10. The average Bonchev–Trinajstić information content (AvgIpc) is 1.88. The number of rotatable bonds is 3. The van der Waals surface area contributed by atoms with E-state index >= 15 is 0 Å². The van der Waals surface area contributed by atoms with Crippen LogP contribution in [0, 0.1) is 0 Å². The first-order chi connectivity index (χ1) is 4.70. The number of methoxy groups -OCH3 is 1. The van der Waals surface area contributed by atoms with Crippen LogP contribution >= 0.6 is 0 Å². The van der Waals surface area contributed by atoms with Crippen molar-refractivity contribution in [1.29, 1.82) is 0 Å². The Balaban J connectivity index is 3.47. The highest BCUT2D eigenvalue weighted by Crippen LogP contribution is 1.81. The molecule has 0 heterocycles.